The lowest BCUT2D eigenvalue weighted by Gasteiger charge is -2.38. The van der Waals surface area contributed by atoms with Gasteiger partial charge in [0.05, 0.1) is 11.3 Å². The number of imidazole rings is 1. The average molecular weight is 493 g/mol. The van der Waals surface area contributed by atoms with Gasteiger partial charge in [0, 0.05) is 69.2 Å². The van der Waals surface area contributed by atoms with E-state index in [0.29, 0.717) is 47.6 Å². The second-order valence-corrected chi connectivity index (χ2v) is 10.8. The van der Waals surface area contributed by atoms with Crippen LogP contribution in [0.4, 0.5) is 23.4 Å². The Morgan fingerprint density at radius 3 is 2.40 bits per heavy atom. The number of aromatic nitrogens is 3. The van der Waals surface area contributed by atoms with Gasteiger partial charge in [-0.25, -0.2) is 14.4 Å². The van der Waals surface area contributed by atoms with Crippen molar-refractivity contribution >= 4 is 5.82 Å². The number of nitrogens with zero attached hydrogens (tertiary/aromatic N) is 5. The first-order valence-corrected chi connectivity index (χ1v) is 12.7. The summed E-state index contributed by atoms with van der Waals surface area (Å²) in [6.45, 7) is 4.13. The Labute approximate surface area is 202 Å². The molecule has 0 spiro atoms. The van der Waals surface area contributed by atoms with E-state index >= 15 is 0 Å². The van der Waals surface area contributed by atoms with E-state index in [9.17, 15) is 17.6 Å². The fraction of sp³-hybridized carbons (Fsp3) is 0.680. The molecule has 2 atom stereocenters. The van der Waals surface area contributed by atoms with E-state index in [1.54, 1.807) is 0 Å². The van der Waals surface area contributed by atoms with Crippen LogP contribution >= 0.6 is 0 Å². The van der Waals surface area contributed by atoms with Crippen LogP contribution in [0.15, 0.2) is 18.5 Å². The quantitative estimate of drug-likeness (QED) is 0.592. The van der Waals surface area contributed by atoms with E-state index in [1.165, 1.54) is 19.0 Å². The first kappa shape index (κ1) is 23.2. The SMILES string of the molecule is Nc1ncc(-c2cn(C3C4CC(N5CCN(CCF)CC5)CC43)c(CC3CC3)n2)cc1C(F)(F)F. The maximum atomic E-state index is 13.4. The lowest BCUT2D eigenvalue weighted by atomic mass is 10.1. The van der Waals surface area contributed by atoms with Crippen LogP contribution in [0.2, 0.25) is 0 Å². The fourth-order valence-corrected chi connectivity index (χ4v) is 6.36. The maximum absolute atomic E-state index is 13.4. The number of rotatable bonds is 7. The molecular formula is C25H32F4N6. The van der Waals surface area contributed by atoms with Crippen LogP contribution < -0.4 is 5.73 Å². The Morgan fingerprint density at radius 2 is 1.77 bits per heavy atom. The van der Waals surface area contributed by atoms with E-state index in [-0.39, 0.29) is 6.67 Å². The summed E-state index contributed by atoms with van der Waals surface area (Å²) in [5, 5.41) is 0. The molecule has 4 fully saturated rings. The second kappa shape index (κ2) is 8.73. The first-order chi connectivity index (χ1) is 16.8. The molecule has 2 unspecified atom stereocenters. The normalized spacial score (nSPS) is 29.5. The molecule has 190 valence electrons. The molecule has 6 nitrogen and oxygen atoms in total. The van der Waals surface area contributed by atoms with Gasteiger partial charge in [0.2, 0.25) is 0 Å². The van der Waals surface area contributed by atoms with E-state index in [4.69, 9.17) is 10.7 Å². The number of anilines is 1. The Morgan fingerprint density at radius 1 is 1.06 bits per heavy atom. The van der Waals surface area contributed by atoms with Crippen molar-refractivity contribution in [3.8, 4) is 11.3 Å². The zero-order valence-electron chi connectivity index (χ0n) is 19.7. The summed E-state index contributed by atoms with van der Waals surface area (Å²) in [5.74, 6) is 2.31. The largest absolute Gasteiger partial charge is 0.419 e. The third-order valence-corrected chi connectivity index (χ3v) is 8.52. The molecule has 1 saturated heterocycles. The molecule has 3 heterocycles. The van der Waals surface area contributed by atoms with Gasteiger partial charge in [-0.15, -0.1) is 0 Å². The molecule has 2 N–H and O–H groups in total. The molecule has 0 radical (unpaired) electrons. The van der Waals surface area contributed by atoms with Crippen LogP contribution in [0.3, 0.4) is 0 Å². The number of nitrogens with two attached hydrogens (primary N) is 1. The van der Waals surface area contributed by atoms with Crippen molar-refractivity contribution in [2.45, 2.75) is 50.4 Å². The number of halogens is 4. The summed E-state index contributed by atoms with van der Waals surface area (Å²) >= 11 is 0. The van der Waals surface area contributed by atoms with E-state index in [2.05, 4.69) is 19.4 Å². The van der Waals surface area contributed by atoms with Crippen molar-refractivity contribution in [3.63, 3.8) is 0 Å². The third-order valence-electron chi connectivity index (χ3n) is 8.52. The summed E-state index contributed by atoms with van der Waals surface area (Å²) in [4.78, 5) is 13.4. The zero-order chi connectivity index (χ0) is 24.3. The van der Waals surface area contributed by atoms with Crippen LogP contribution in [-0.4, -0.2) is 69.8 Å². The Kier molecular flexibility index (Phi) is 5.79. The van der Waals surface area contributed by atoms with E-state index in [1.807, 2.05) is 6.20 Å². The number of fused-ring (bicyclic) bond motifs is 1. The first-order valence-electron chi connectivity index (χ1n) is 12.7. The molecule has 3 aliphatic carbocycles. The standard InChI is InChI=1S/C25H32F4N6/c26-3-4-33-5-7-34(8-6-33)17-11-18-19(12-17)23(18)35-14-21(32-22(35)9-15-1-2-15)16-10-20(25(27,28)29)24(30)31-13-16/h10,13-15,17-19,23H,1-9,11-12H2,(H2,30,31). The number of piperazine rings is 1. The molecule has 0 bridgehead atoms. The predicted molar refractivity (Wildman–Crippen MR) is 124 cm³/mol. The summed E-state index contributed by atoms with van der Waals surface area (Å²) in [6, 6.07) is 2.04. The highest BCUT2D eigenvalue weighted by Gasteiger charge is 2.58. The van der Waals surface area contributed by atoms with Crippen molar-refractivity contribution in [2.24, 2.45) is 17.8 Å². The van der Waals surface area contributed by atoms with Gasteiger partial charge in [-0.05, 0) is 49.5 Å². The van der Waals surface area contributed by atoms with Gasteiger partial charge in [-0.1, -0.05) is 0 Å². The van der Waals surface area contributed by atoms with Crippen LogP contribution in [-0.2, 0) is 12.6 Å². The minimum atomic E-state index is -4.55. The Hall–Kier alpha value is -2.20. The van der Waals surface area contributed by atoms with E-state index < -0.39 is 17.6 Å². The highest BCUT2D eigenvalue weighted by molar-refractivity contribution is 5.62. The molecule has 0 amide bonds. The summed E-state index contributed by atoms with van der Waals surface area (Å²) in [7, 11) is 0. The molecule has 2 aromatic heterocycles. The fourth-order valence-electron chi connectivity index (χ4n) is 6.36. The van der Waals surface area contributed by atoms with Gasteiger partial charge in [0.25, 0.3) is 0 Å². The minimum absolute atomic E-state index is 0.282. The van der Waals surface area contributed by atoms with Crippen LogP contribution in [0, 0.1) is 17.8 Å². The van der Waals surface area contributed by atoms with Gasteiger partial charge in [-0.3, -0.25) is 9.80 Å². The molecule has 4 aliphatic rings. The number of pyridine rings is 1. The summed E-state index contributed by atoms with van der Waals surface area (Å²) in [5.41, 5.74) is 5.49. The zero-order valence-corrected chi connectivity index (χ0v) is 19.7. The molecule has 35 heavy (non-hydrogen) atoms. The van der Waals surface area contributed by atoms with Gasteiger partial charge < -0.3 is 10.3 Å². The van der Waals surface area contributed by atoms with E-state index in [0.717, 1.165) is 57.3 Å². The lowest BCUT2D eigenvalue weighted by molar-refractivity contribution is -0.137. The molecular weight excluding hydrogens is 460 g/mol. The predicted octanol–water partition coefficient (Wildman–Crippen LogP) is 4.04. The van der Waals surface area contributed by atoms with Crippen LogP contribution in [0.1, 0.15) is 43.1 Å². The molecule has 0 aromatic carbocycles. The Bertz CT molecular complexity index is 1060. The minimum Gasteiger partial charge on any atom is -0.383 e. The molecule has 6 rings (SSSR count). The van der Waals surface area contributed by atoms with Gasteiger partial charge in [0.15, 0.2) is 0 Å². The van der Waals surface area contributed by atoms with Gasteiger partial charge in [-0.2, -0.15) is 13.2 Å². The lowest BCUT2D eigenvalue weighted by Crippen LogP contribution is -2.50. The smallest absolute Gasteiger partial charge is 0.383 e. The summed E-state index contributed by atoms with van der Waals surface area (Å²) in [6.07, 6.45) is 4.35. The molecule has 10 heteroatoms. The summed E-state index contributed by atoms with van der Waals surface area (Å²) < 4.78 is 55.0. The van der Waals surface area contributed by atoms with Crippen LogP contribution in [0.25, 0.3) is 11.3 Å². The van der Waals surface area contributed by atoms with Gasteiger partial charge >= 0.3 is 6.18 Å². The number of nitrogen functional groups attached to an aromatic ring is 1. The van der Waals surface area contributed by atoms with Crippen molar-refractivity contribution in [3.05, 3.63) is 29.8 Å². The molecule has 1 aliphatic heterocycles. The monoisotopic (exact) mass is 492 g/mol. The average Bonchev–Trinajstić information content (AvgIpc) is 3.67. The van der Waals surface area contributed by atoms with Crippen LogP contribution in [0.5, 0.6) is 0 Å². The Balaban J connectivity index is 1.18. The second-order valence-electron chi connectivity index (χ2n) is 10.8. The van der Waals surface area contributed by atoms with Crippen molar-refractivity contribution in [1.29, 1.82) is 0 Å². The third kappa shape index (κ3) is 4.55. The number of hydrogen-bond acceptors (Lipinski definition) is 5. The number of hydrogen-bond donors (Lipinski definition) is 1. The number of alkyl halides is 4. The maximum Gasteiger partial charge on any atom is 0.419 e. The molecule has 2 aromatic rings. The highest BCUT2D eigenvalue weighted by Crippen LogP contribution is 2.62. The topological polar surface area (TPSA) is 63.2 Å². The van der Waals surface area contributed by atoms with Crippen molar-refractivity contribution < 1.29 is 17.6 Å². The molecule has 3 saturated carbocycles. The van der Waals surface area contributed by atoms with Gasteiger partial charge in [0.1, 0.15) is 18.3 Å². The van der Waals surface area contributed by atoms with Crippen molar-refractivity contribution in [1.82, 2.24) is 24.3 Å². The highest BCUT2D eigenvalue weighted by atomic mass is 19.4. The van der Waals surface area contributed by atoms with Crippen molar-refractivity contribution in [2.75, 3.05) is 45.1 Å².